The Morgan fingerprint density at radius 3 is 2.58 bits per heavy atom. The van der Waals surface area contributed by atoms with Gasteiger partial charge < -0.3 is 15.3 Å². The molecule has 0 radical (unpaired) electrons. The summed E-state index contributed by atoms with van der Waals surface area (Å²) < 4.78 is 0. The molecule has 0 unspecified atom stereocenters. The third-order valence-electron chi connectivity index (χ3n) is 3.02. The van der Waals surface area contributed by atoms with Crippen LogP contribution in [0, 0.1) is 12.3 Å². The molecular formula is C15H24N2O2. The molecule has 1 aromatic carbocycles. The van der Waals surface area contributed by atoms with Crippen LogP contribution >= 0.6 is 0 Å². The summed E-state index contributed by atoms with van der Waals surface area (Å²) in [7, 11) is 4.03. The maximum atomic E-state index is 12.1. The monoisotopic (exact) mass is 264 g/mol. The highest BCUT2D eigenvalue weighted by atomic mass is 16.3. The average Bonchev–Trinajstić information content (AvgIpc) is 2.28. The highest BCUT2D eigenvalue weighted by molar-refractivity contribution is 5.96. The SMILES string of the molecule is Cc1c(O)cccc1C(=O)NCC(C)(C)CN(C)C. The lowest BCUT2D eigenvalue weighted by molar-refractivity contribution is 0.0928. The summed E-state index contributed by atoms with van der Waals surface area (Å²) in [6.45, 7) is 7.46. The Hall–Kier alpha value is -1.55. The summed E-state index contributed by atoms with van der Waals surface area (Å²) in [4.78, 5) is 14.2. The molecule has 0 aliphatic heterocycles. The topological polar surface area (TPSA) is 52.6 Å². The maximum Gasteiger partial charge on any atom is 0.251 e. The van der Waals surface area contributed by atoms with Crippen LogP contribution in [-0.2, 0) is 0 Å². The van der Waals surface area contributed by atoms with E-state index in [9.17, 15) is 9.90 Å². The fraction of sp³-hybridized carbons (Fsp3) is 0.533. The zero-order valence-electron chi connectivity index (χ0n) is 12.4. The van der Waals surface area contributed by atoms with Gasteiger partial charge in [0.2, 0.25) is 0 Å². The van der Waals surface area contributed by atoms with E-state index >= 15 is 0 Å². The van der Waals surface area contributed by atoms with Crippen molar-refractivity contribution in [1.29, 1.82) is 0 Å². The van der Waals surface area contributed by atoms with Gasteiger partial charge in [-0.15, -0.1) is 0 Å². The number of carbonyl (C=O) groups excluding carboxylic acids is 1. The van der Waals surface area contributed by atoms with E-state index in [2.05, 4.69) is 24.1 Å². The highest BCUT2D eigenvalue weighted by Gasteiger charge is 2.20. The summed E-state index contributed by atoms with van der Waals surface area (Å²) >= 11 is 0. The fourth-order valence-corrected chi connectivity index (χ4v) is 2.20. The molecule has 4 nitrogen and oxygen atoms in total. The molecule has 0 saturated heterocycles. The van der Waals surface area contributed by atoms with Gasteiger partial charge in [-0.05, 0) is 38.6 Å². The quantitative estimate of drug-likeness (QED) is 0.855. The Morgan fingerprint density at radius 1 is 1.37 bits per heavy atom. The van der Waals surface area contributed by atoms with Gasteiger partial charge >= 0.3 is 0 Å². The van der Waals surface area contributed by atoms with Crippen LogP contribution in [0.3, 0.4) is 0 Å². The predicted molar refractivity (Wildman–Crippen MR) is 77.5 cm³/mol. The number of rotatable bonds is 5. The van der Waals surface area contributed by atoms with Gasteiger partial charge in [-0.25, -0.2) is 0 Å². The van der Waals surface area contributed by atoms with Crippen molar-refractivity contribution in [3.63, 3.8) is 0 Å². The second-order valence-corrected chi connectivity index (χ2v) is 6.03. The van der Waals surface area contributed by atoms with Gasteiger partial charge in [0, 0.05) is 24.2 Å². The minimum atomic E-state index is -0.139. The Labute approximate surface area is 115 Å². The molecule has 0 spiro atoms. The van der Waals surface area contributed by atoms with Gasteiger partial charge in [0.1, 0.15) is 5.75 Å². The maximum absolute atomic E-state index is 12.1. The van der Waals surface area contributed by atoms with Crippen molar-refractivity contribution >= 4 is 5.91 Å². The molecular weight excluding hydrogens is 240 g/mol. The van der Waals surface area contributed by atoms with E-state index < -0.39 is 0 Å². The number of hydrogen-bond acceptors (Lipinski definition) is 3. The largest absolute Gasteiger partial charge is 0.508 e. The third kappa shape index (κ3) is 4.56. The number of aromatic hydroxyl groups is 1. The summed E-state index contributed by atoms with van der Waals surface area (Å²) in [5.41, 5.74) is 1.15. The standard InChI is InChI=1S/C15H24N2O2/c1-11-12(7-6-8-13(11)18)14(19)16-9-15(2,3)10-17(4)5/h6-8,18H,9-10H2,1-5H3,(H,16,19). The van der Waals surface area contributed by atoms with Crippen LogP contribution in [0.4, 0.5) is 0 Å². The first-order valence-corrected chi connectivity index (χ1v) is 6.44. The molecule has 0 atom stereocenters. The van der Waals surface area contributed by atoms with Gasteiger partial charge in [0.05, 0.1) is 0 Å². The zero-order chi connectivity index (χ0) is 14.6. The van der Waals surface area contributed by atoms with Crippen LogP contribution in [0.15, 0.2) is 18.2 Å². The molecule has 0 saturated carbocycles. The number of amides is 1. The van der Waals surface area contributed by atoms with Gasteiger partial charge in [-0.1, -0.05) is 19.9 Å². The van der Waals surface area contributed by atoms with Crippen LogP contribution < -0.4 is 5.32 Å². The minimum Gasteiger partial charge on any atom is -0.508 e. The van der Waals surface area contributed by atoms with E-state index in [-0.39, 0.29) is 17.1 Å². The van der Waals surface area contributed by atoms with Gasteiger partial charge in [0.25, 0.3) is 5.91 Å². The van der Waals surface area contributed by atoms with Crippen molar-refractivity contribution in [2.24, 2.45) is 5.41 Å². The molecule has 1 aromatic rings. The predicted octanol–water partition coefficient (Wildman–Crippen LogP) is 2.02. The third-order valence-corrected chi connectivity index (χ3v) is 3.02. The number of benzene rings is 1. The number of phenols is 1. The average molecular weight is 264 g/mol. The number of hydrogen-bond donors (Lipinski definition) is 2. The van der Waals surface area contributed by atoms with E-state index in [0.717, 1.165) is 6.54 Å². The van der Waals surface area contributed by atoms with Crippen molar-refractivity contribution in [3.05, 3.63) is 29.3 Å². The van der Waals surface area contributed by atoms with Gasteiger partial charge in [-0.3, -0.25) is 4.79 Å². The number of phenolic OH excluding ortho intramolecular Hbond substituents is 1. The van der Waals surface area contributed by atoms with Crippen molar-refractivity contribution in [2.75, 3.05) is 27.2 Å². The molecule has 106 valence electrons. The van der Waals surface area contributed by atoms with Crippen LogP contribution in [0.1, 0.15) is 29.8 Å². The lowest BCUT2D eigenvalue weighted by atomic mass is 9.92. The first-order chi connectivity index (χ1) is 8.73. The van der Waals surface area contributed by atoms with E-state index in [1.54, 1.807) is 25.1 Å². The van der Waals surface area contributed by atoms with Crippen molar-refractivity contribution in [1.82, 2.24) is 10.2 Å². The number of nitrogens with one attached hydrogen (secondary N) is 1. The molecule has 0 aliphatic rings. The molecule has 4 heteroatoms. The Balaban J connectivity index is 2.68. The molecule has 0 bridgehead atoms. The molecule has 2 N–H and O–H groups in total. The highest BCUT2D eigenvalue weighted by Crippen LogP contribution is 2.20. The first kappa shape index (κ1) is 15.5. The second-order valence-electron chi connectivity index (χ2n) is 6.03. The van der Waals surface area contributed by atoms with Crippen molar-refractivity contribution in [2.45, 2.75) is 20.8 Å². The van der Waals surface area contributed by atoms with Gasteiger partial charge in [-0.2, -0.15) is 0 Å². The van der Waals surface area contributed by atoms with E-state index in [1.165, 1.54) is 0 Å². The smallest absolute Gasteiger partial charge is 0.251 e. The Kier molecular flexibility index (Phi) is 4.95. The second kappa shape index (κ2) is 6.06. The van der Waals surface area contributed by atoms with Crippen LogP contribution in [0.25, 0.3) is 0 Å². The van der Waals surface area contributed by atoms with Crippen LogP contribution in [-0.4, -0.2) is 43.1 Å². The summed E-state index contributed by atoms with van der Waals surface area (Å²) in [5.74, 6) is 0.0143. The molecule has 0 fully saturated rings. The first-order valence-electron chi connectivity index (χ1n) is 6.44. The fourth-order valence-electron chi connectivity index (χ4n) is 2.20. The summed E-state index contributed by atoms with van der Waals surface area (Å²) in [6.07, 6.45) is 0. The minimum absolute atomic E-state index is 0.00386. The van der Waals surface area contributed by atoms with Crippen LogP contribution in [0.5, 0.6) is 5.75 Å². The zero-order valence-corrected chi connectivity index (χ0v) is 12.4. The molecule has 1 rings (SSSR count). The van der Waals surface area contributed by atoms with E-state index in [4.69, 9.17) is 0 Å². The lowest BCUT2D eigenvalue weighted by Crippen LogP contribution is -2.40. The molecule has 0 aliphatic carbocycles. The van der Waals surface area contributed by atoms with Crippen LogP contribution in [0.2, 0.25) is 0 Å². The normalized spacial score (nSPS) is 11.7. The summed E-state index contributed by atoms with van der Waals surface area (Å²) in [5, 5.41) is 12.5. The molecule has 1 amide bonds. The Bertz CT molecular complexity index is 453. The molecule has 0 aromatic heterocycles. The Morgan fingerprint density at radius 2 is 2.00 bits per heavy atom. The lowest BCUT2D eigenvalue weighted by Gasteiger charge is -2.28. The van der Waals surface area contributed by atoms with E-state index in [0.29, 0.717) is 17.7 Å². The summed E-state index contributed by atoms with van der Waals surface area (Å²) in [6, 6.07) is 4.99. The number of carbonyl (C=O) groups is 1. The van der Waals surface area contributed by atoms with Crippen molar-refractivity contribution in [3.8, 4) is 5.75 Å². The number of nitrogens with zero attached hydrogens (tertiary/aromatic N) is 1. The van der Waals surface area contributed by atoms with Crippen molar-refractivity contribution < 1.29 is 9.90 Å². The van der Waals surface area contributed by atoms with Gasteiger partial charge in [0.15, 0.2) is 0 Å². The van der Waals surface area contributed by atoms with E-state index in [1.807, 2.05) is 14.1 Å². The molecule has 0 heterocycles. The molecule has 19 heavy (non-hydrogen) atoms.